The van der Waals surface area contributed by atoms with Crippen LogP contribution in [0.5, 0.6) is 0 Å². The van der Waals surface area contributed by atoms with Gasteiger partial charge in [-0.25, -0.2) is 4.79 Å². The molecule has 0 aliphatic carbocycles. The van der Waals surface area contributed by atoms with E-state index in [4.69, 9.17) is 10.00 Å². The first-order chi connectivity index (χ1) is 6.65. The Hall–Kier alpha value is -1.57. The summed E-state index contributed by atoms with van der Waals surface area (Å²) < 4.78 is 9.39. The van der Waals surface area contributed by atoms with Crippen LogP contribution in [0.1, 0.15) is 26.7 Å². The number of esters is 2. The van der Waals surface area contributed by atoms with Gasteiger partial charge in [0.2, 0.25) is 0 Å². The lowest BCUT2D eigenvalue weighted by atomic mass is 10.3. The lowest BCUT2D eigenvalue weighted by molar-refractivity contribution is -0.167. The fourth-order valence-corrected chi connectivity index (χ4v) is 0.798. The molecule has 0 saturated heterocycles. The largest absolute Gasteiger partial charge is 0.463 e. The van der Waals surface area contributed by atoms with Gasteiger partial charge >= 0.3 is 11.9 Å². The van der Waals surface area contributed by atoms with Crippen LogP contribution in [-0.2, 0) is 19.1 Å². The summed E-state index contributed by atoms with van der Waals surface area (Å²) >= 11 is 0. The predicted octanol–water partition coefficient (Wildman–Crippen LogP) is 0.785. The molecule has 0 aliphatic heterocycles. The molecule has 0 aliphatic rings. The maximum absolute atomic E-state index is 11.1. The van der Waals surface area contributed by atoms with Crippen LogP contribution in [0.15, 0.2) is 0 Å². The molecule has 1 unspecified atom stereocenters. The molecule has 0 radical (unpaired) electrons. The normalized spacial score (nSPS) is 11.2. The van der Waals surface area contributed by atoms with Gasteiger partial charge in [-0.1, -0.05) is 6.92 Å². The average molecular weight is 199 g/mol. The van der Waals surface area contributed by atoms with Gasteiger partial charge in [-0.3, -0.25) is 4.79 Å². The first-order valence-electron chi connectivity index (χ1n) is 4.38. The number of ether oxygens (including phenoxy) is 2. The van der Waals surface area contributed by atoms with Crippen LogP contribution in [0.2, 0.25) is 0 Å². The summed E-state index contributed by atoms with van der Waals surface area (Å²) in [5.74, 6) is -1.27. The van der Waals surface area contributed by atoms with Crippen LogP contribution in [0.25, 0.3) is 0 Å². The quantitative estimate of drug-likeness (QED) is 0.611. The third-order valence-electron chi connectivity index (χ3n) is 1.42. The zero-order valence-electron chi connectivity index (χ0n) is 8.28. The number of carbonyl (C=O) groups excluding carboxylic acids is 2. The highest BCUT2D eigenvalue weighted by atomic mass is 16.6. The summed E-state index contributed by atoms with van der Waals surface area (Å²) in [5, 5.41) is 8.20. The molecule has 14 heavy (non-hydrogen) atoms. The van der Waals surface area contributed by atoms with E-state index in [0.717, 1.165) is 0 Å². The molecule has 0 aromatic heterocycles. The highest BCUT2D eigenvalue weighted by molar-refractivity contribution is 5.80. The topological polar surface area (TPSA) is 76.4 Å². The van der Waals surface area contributed by atoms with E-state index < -0.39 is 18.0 Å². The molecule has 0 amide bonds. The molecule has 0 heterocycles. The number of carbonyl (C=O) groups is 2. The third kappa shape index (κ3) is 4.45. The SMILES string of the molecule is CCOC(=O)C(CC)OC(=O)CC#N. The first kappa shape index (κ1) is 12.4. The number of hydrogen-bond donors (Lipinski definition) is 0. The third-order valence-corrected chi connectivity index (χ3v) is 1.42. The molecule has 0 aromatic carbocycles. The summed E-state index contributed by atoms with van der Waals surface area (Å²) in [6.45, 7) is 3.61. The van der Waals surface area contributed by atoms with Crippen molar-refractivity contribution in [3.8, 4) is 6.07 Å². The zero-order chi connectivity index (χ0) is 11.0. The Labute approximate surface area is 82.6 Å². The summed E-state index contributed by atoms with van der Waals surface area (Å²) in [4.78, 5) is 22.0. The maximum atomic E-state index is 11.1. The highest BCUT2D eigenvalue weighted by Crippen LogP contribution is 2.02. The Morgan fingerprint density at radius 2 is 2.07 bits per heavy atom. The number of nitriles is 1. The van der Waals surface area contributed by atoms with Crippen molar-refractivity contribution in [1.29, 1.82) is 5.26 Å². The lowest BCUT2D eigenvalue weighted by Gasteiger charge is -2.13. The fourth-order valence-electron chi connectivity index (χ4n) is 0.798. The van der Waals surface area contributed by atoms with Crippen LogP contribution < -0.4 is 0 Å². The Morgan fingerprint density at radius 1 is 1.43 bits per heavy atom. The Balaban J connectivity index is 4.09. The van der Waals surface area contributed by atoms with Crippen LogP contribution in [0.4, 0.5) is 0 Å². The first-order valence-corrected chi connectivity index (χ1v) is 4.38. The van der Waals surface area contributed by atoms with Gasteiger partial charge in [0.25, 0.3) is 0 Å². The van der Waals surface area contributed by atoms with Crippen molar-refractivity contribution in [3.05, 3.63) is 0 Å². The molecule has 5 heteroatoms. The van der Waals surface area contributed by atoms with Crippen LogP contribution in [0.3, 0.4) is 0 Å². The van der Waals surface area contributed by atoms with E-state index in [1.807, 2.05) is 0 Å². The second kappa shape index (κ2) is 6.89. The molecule has 1 atom stereocenters. The van der Waals surface area contributed by atoms with Crippen molar-refractivity contribution in [2.45, 2.75) is 32.8 Å². The molecule has 78 valence electrons. The van der Waals surface area contributed by atoms with Gasteiger partial charge in [0.05, 0.1) is 12.7 Å². The average Bonchev–Trinajstić information content (AvgIpc) is 2.15. The van der Waals surface area contributed by atoms with Crippen LogP contribution in [0, 0.1) is 11.3 Å². The standard InChI is InChI=1S/C9H13NO4/c1-3-7(9(12)13-4-2)14-8(11)5-6-10/h7H,3-5H2,1-2H3. The minimum atomic E-state index is -0.893. The van der Waals surface area contributed by atoms with Gasteiger partial charge in [-0.15, -0.1) is 0 Å². The molecule has 0 N–H and O–H groups in total. The van der Waals surface area contributed by atoms with Crippen LogP contribution in [-0.4, -0.2) is 24.6 Å². The monoisotopic (exact) mass is 199 g/mol. The van der Waals surface area contributed by atoms with Crippen LogP contribution >= 0.6 is 0 Å². The molecule has 5 nitrogen and oxygen atoms in total. The van der Waals surface area contributed by atoms with Crippen molar-refractivity contribution >= 4 is 11.9 Å². The van der Waals surface area contributed by atoms with Gasteiger partial charge < -0.3 is 9.47 Å². The molecule has 0 saturated carbocycles. The van der Waals surface area contributed by atoms with Gasteiger partial charge in [-0.2, -0.15) is 5.26 Å². The van der Waals surface area contributed by atoms with Crippen molar-refractivity contribution in [2.75, 3.05) is 6.61 Å². The summed E-state index contributed by atoms with van der Waals surface area (Å²) in [7, 11) is 0. The second-order valence-electron chi connectivity index (χ2n) is 2.47. The Bertz CT molecular complexity index is 244. The molecular weight excluding hydrogens is 186 g/mol. The minimum absolute atomic E-state index is 0.241. The van der Waals surface area contributed by atoms with Gasteiger partial charge in [0.1, 0.15) is 6.42 Å². The number of nitrogens with zero attached hydrogens (tertiary/aromatic N) is 1. The molecular formula is C9H13NO4. The smallest absolute Gasteiger partial charge is 0.347 e. The van der Waals surface area contributed by atoms with Gasteiger partial charge in [0.15, 0.2) is 6.10 Å². The molecule has 0 aromatic rings. The van der Waals surface area contributed by atoms with Crippen molar-refractivity contribution in [1.82, 2.24) is 0 Å². The predicted molar refractivity (Wildman–Crippen MR) is 47.0 cm³/mol. The van der Waals surface area contributed by atoms with E-state index in [-0.39, 0.29) is 13.0 Å². The molecule has 0 fully saturated rings. The van der Waals surface area contributed by atoms with E-state index in [2.05, 4.69) is 4.74 Å². The highest BCUT2D eigenvalue weighted by Gasteiger charge is 2.21. The maximum Gasteiger partial charge on any atom is 0.347 e. The second-order valence-corrected chi connectivity index (χ2v) is 2.47. The molecule has 0 rings (SSSR count). The number of rotatable bonds is 5. The van der Waals surface area contributed by atoms with E-state index in [1.54, 1.807) is 19.9 Å². The fraction of sp³-hybridized carbons (Fsp3) is 0.667. The van der Waals surface area contributed by atoms with E-state index in [1.165, 1.54) is 0 Å². The molecule has 0 spiro atoms. The van der Waals surface area contributed by atoms with Crippen molar-refractivity contribution in [3.63, 3.8) is 0 Å². The Kier molecular flexibility index (Phi) is 6.12. The van der Waals surface area contributed by atoms with Crippen molar-refractivity contribution < 1.29 is 19.1 Å². The van der Waals surface area contributed by atoms with Crippen molar-refractivity contribution in [2.24, 2.45) is 0 Å². The van der Waals surface area contributed by atoms with Gasteiger partial charge in [-0.05, 0) is 13.3 Å². The zero-order valence-corrected chi connectivity index (χ0v) is 8.28. The number of hydrogen-bond acceptors (Lipinski definition) is 5. The lowest BCUT2D eigenvalue weighted by Crippen LogP contribution is -2.28. The Morgan fingerprint density at radius 3 is 2.50 bits per heavy atom. The van der Waals surface area contributed by atoms with Gasteiger partial charge in [0, 0.05) is 0 Å². The minimum Gasteiger partial charge on any atom is -0.463 e. The summed E-state index contributed by atoms with van der Waals surface area (Å²) in [6, 6.07) is 1.64. The van der Waals surface area contributed by atoms with E-state index >= 15 is 0 Å². The van der Waals surface area contributed by atoms with E-state index in [9.17, 15) is 9.59 Å². The molecule has 0 bridgehead atoms. The summed E-state index contributed by atoms with van der Waals surface area (Å²) in [6.07, 6.45) is -0.901. The van der Waals surface area contributed by atoms with E-state index in [0.29, 0.717) is 6.42 Å². The summed E-state index contributed by atoms with van der Waals surface area (Å²) in [5.41, 5.74) is 0.